The molecule has 0 aliphatic heterocycles. The lowest BCUT2D eigenvalue weighted by molar-refractivity contribution is 0.258. The van der Waals surface area contributed by atoms with Gasteiger partial charge in [0.1, 0.15) is 35.7 Å². The van der Waals surface area contributed by atoms with Crippen LogP contribution in [0.5, 0.6) is 17.2 Å². The quantitative estimate of drug-likeness (QED) is 0.171. The number of rotatable bonds is 12. The minimum absolute atomic E-state index is 0.129. The number of fused-ring (bicyclic) bond motifs is 2. The standard InChI is InChI=1S/C34H34O6/c1-23(18-19-35)16-17-26-29(39-22-25-12-7-4-8-13-25)20-30(37-2)31-32(36)27-14-9-15-28(33(27)40-34(26)31)38-21-24-10-5-3-6-11-24/h3-15,20,23,35H,16-19,21-22H2,1-2H3. The van der Waals surface area contributed by atoms with Crippen molar-refractivity contribution in [2.24, 2.45) is 5.92 Å². The van der Waals surface area contributed by atoms with E-state index in [0.29, 0.717) is 65.2 Å². The van der Waals surface area contributed by atoms with Gasteiger partial charge in [-0.05, 0) is 48.4 Å². The number of hydrogen-bond donors (Lipinski definition) is 1. The number of benzene rings is 4. The van der Waals surface area contributed by atoms with E-state index in [1.54, 1.807) is 25.3 Å². The number of aryl methyl sites for hydroxylation is 1. The van der Waals surface area contributed by atoms with Crippen LogP contribution in [0.3, 0.4) is 0 Å². The molecule has 1 heterocycles. The maximum Gasteiger partial charge on any atom is 0.204 e. The molecule has 0 radical (unpaired) electrons. The summed E-state index contributed by atoms with van der Waals surface area (Å²) in [5.41, 5.74) is 3.48. The highest BCUT2D eigenvalue weighted by atomic mass is 16.5. The van der Waals surface area contributed by atoms with Crippen LogP contribution in [-0.4, -0.2) is 18.8 Å². The molecule has 1 atom stereocenters. The van der Waals surface area contributed by atoms with Gasteiger partial charge in [-0.2, -0.15) is 0 Å². The normalized spacial score (nSPS) is 12.0. The summed E-state index contributed by atoms with van der Waals surface area (Å²) in [6.07, 6.45) is 2.09. The number of aliphatic hydroxyl groups excluding tert-OH is 1. The zero-order valence-electron chi connectivity index (χ0n) is 22.9. The summed E-state index contributed by atoms with van der Waals surface area (Å²) in [6, 6.07) is 26.9. The highest BCUT2D eigenvalue weighted by molar-refractivity contribution is 5.97. The van der Waals surface area contributed by atoms with Gasteiger partial charge >= 0.3 is 0 Å². The van der Waals surface area contributed by atoms with Crippen molar-refractivity contribution in [2.45, 2.75) is 39.4 Å². The fraction of sp³-hybridized carbons (Fsp3) is 0.265. The second kappa shape index (κ2) is 12.7. The van der Waals surface area contributed by atoms with Gasteiger partial charge in [0, 0.05) is 18.2 Å². The van der Waals surface area contributed by atoms with Crippen LogP contribution in [-0.2, 0) is 19.6 Å². The van der Waals surface area contributed by atoms with E-state index < -0.39 is 0 Å². The van der Waals surface area contributed by atoms with E-state index in [1.165, 1.54) is 0 Å². The highest BCUT2D eigenvalue weighted by Crippen LogP contribution is 2.39. The first-order valence-corrected chi connectivity index (χ1v) is 13.6. The van der Waals surface area contributed by atoms with Crippen molar-refractivity contribution in [1.29, 1.82) is 0 Å². The van der Waals surface area contributed by atoms with Crippen LogP contribution in [0.4, 0.5) is 0 Å². The number of para-hydroxylation sites is 1. The molecule has 1 aromatic heterocycles. The lowest BCUT2D eigenvalue weighted by atomic mass is 9.96. The maximum absolute atomic E-state index is 13.9. The van der Waals surface area contributed by atoms with Crippen molar-refractivity contribution in [3.8, 4) is 17.2 Å². The smallest absolute Gasteiger partial charge is 0.204 e. The average Bonchev–Trinajstić information content (AvgIpc) is 2.99. The molecule has 0 saturated carbocycles. The molecule has 5 aromatic rings. The van der Waals surface area contributed by atoms with E-state index in [2.05, 4.69) is 6.92 Å². The molecule has 6 heteroatoms. The Labute approximate surface area is 233 Å². The predicted molar refractivity (Wildman–Crippen MR) is 157 cm³/mol. The van der Waals surface area contributed by atoms with E-state index in [1.807, 2.05) is 66.7 Å². The topological polar surface area (TPSA) is 78.1 Å². The van der Waals surface area contributed by atoms with Crippen LogP contribution in [0.2, 0.25) is 0 Å². The van der Waals surface area contributed by atoms with Gasteiger partial charge in [-0.1, -0.05) is 73.7 Å². The molecular formula is C34H34O6. The number of hydrogen-bond acceptors (Lipinski definition) is 6. The number of ether oxygens (including phenoxy) is 3. The van der Waals surface area contributed by atoms with E-state index in [4.69, 9.17) is 18.6 Å². The summed E-state index contributed by atoms with van der Waals surface area (Å²) in [6.45, 7) is 2.94. The molecule has 0 bridgehead atoms. The maximum atomic E-state index is 13.9. The molecule has 1 N–H and O–H groups in total. The van der Waals surface area contributed by atoms with Crippen molar-refractivity contribution in [3.63, 3.8) is 0 Å². The third-order valence-corrected chi connectivity index (χ3v) is 7.17. The second-order valence-corrected chi connectivity index (χ2v) is 10.0. The Kier molecular flexibility index (Phi) is 8.67. The van der Waals surface area contributed by atoms with Crippen LogP contribution in [0.15, 0.2) is 94.1 Å². The van der Waals surface area contributed by atoms with Crippen LogP contribution >= 0.6 is 0 Å². The monoisotopic (exact) mass is 538 g/mol. The first-order chi connectivity index (χ1) is 19.6. The fourth-order valence-corrected chi connectivity index (χ4v) is 4.88. The summed E-state index contributed by atoms with van der Waals surface area (Å²) in [4.78, 5) is 13.9. The molecule has 206 valence electrons. The molecule has 0 fully saturated rings. The molecule has 0 aliphatic carbocycles. The Hall–Kier alpha value is -4.29. The van der Waals surface area contributed by atoms with Crippen LogP contribution in [0, 0.1) is 5.92 Å². The molecule has 0 aliphatic rings. The summed E-state index contributed by atoms with van der Waals surface area (Å²) < 4.78 is 24.8. The van der Waals surface area contributed by atoms with Gasteiger partial charge in [-0.15, -0.1) is 0 Å². The predicted octanol–water partition coefficient (Wildman–Crippen LogP) is 7.06. The summed E-state index contributed by atoms with van der Waals surface area (Å²) in [5.74, 6) is 1.78. The van der Waals surface area contributed by atoms with Gasteiger partial charge < -0.3 is 23.7 Å². The summed E-state index contributed by atoms with van der Waals surface area (Å²) in [7, 11) is 1.54. The highest BCUT2D eigenvalue weighted by Gasteiger charge is 2.22. The van der Waals surface area contributed by atoms with E-state index in [9.17, 15) is 9.90 Å². The van der Waals surface area contributed by atoms with Crippen molar-refractivity contribution < 1.29 is 23.7 Å². The number of methoxy groups -OCH3 is 1. The summed E-state index contributed by atoms with van der Waals surface area (Å²) >= 11 is 0. The second-order valence-electron chi connectivity index (χ2n) is 10.0. The lowest BCUT2D eigenvalue weighted by Crippen LogP contribution is -2.09. The van der Waals surface area contributed by atoms with E-state index in [-0.39, 0.29) is 18.0 Å². The van der Waals surface area contributed by atoms with Crippen molar-refractivity contribution in [2.75, 3.05) is 13.7 Å². The van der Waals surface area contributed by atoms with Gasteiger partial charge in [0.15, 0.2) is 11.3 Å². The SMILES string of the molecule is COc1cc(OCc2ccccc2)c(CCC(C)CCO)c2oc3c(OCc4ccccc4)cccc3c(=O)c12. The Morgan fingerprint density at radius 3 is 2.05 bits per heavy atom. The van der Waals surface area contributed by atoms with Gasteiger partial charge in [-0.25, -0.2) is 0 Å². The van der Waals surface area contributed by atoms with Crippen LogP contribution in [0.25, 0.3) is 21.9 Å². The van der Waals surface area contributed by atoms with Gasteiger partial charge in [0.2, 0.25) is 5.43 Å². The Bertz CT molecular complexity index is 1630. The molecule has 5 rings (SSSR count). The Balaban J connectivity index is 1.64. The third-order valence-electron chi connectivity index (χ3n) is 7.17. The molecular weight excluding hydrogens is 504 g/mol. The lowest BCUT2D eigenvalue weighted by Gasteiger charge is -2.18. The average molecular weight is 539 g/mol. The molecule has 0 saturated heterocycles. The third kappa shape index (κ3) is 5.97. The van der Waals surface area contributed by atoms with Crippen molar-refractivity contribution in [3.05, 3.63) is 112 Å². The Morgan fingerprint density at radius 1 is 0.775 bits per heavy atom. The molecule has 6 nitrogen and oxygen atoms in total. The van der Waals surface area contributed by atoms with Crippen molar-refractivity contribution >= 4 is 21.9 Å². The summed E-state index contributed by atoms with van der Waals surface area (Å²) in [5, 5.41) is 10.2. The minimum atomic E-state index is -0.183. The minimum Gasteiger partial charge on any atom is -0.496 e. The van der Waals surface area contributed by atoms with Gasteiger partial charge in [0.05, 0.1) is 12.5 Å². The number of aliphatic hydroxyl groups is 1. The molecule has 40 heavy (non-hydrogen) atoms. The molecule has 0 spiro atoms. The van der Waals surface area contributed by atoms with Crippen LogP contribution < -0.4 is 19.6 Å². The van der Waals surface area contributed by atoms with Gasteiger partial charge in [-0.3, -0.25) is 4.79 Å². The fourth-order valence-electron chi connectivity index (χ4n) is 4.88. The first-order valence-electron chi connectivity index (χ1n) is 13.6. The zero-order valence-corrected chi connectivity index (χ0v) is 22.9. The largest absolute Gasteiger partial charge is 0.496 e. The molecule has 0 amide bonds. The van der Waals surface area contributed by atoms with Gasteiger partial charge in [0.25, 0.3) is 0 Å². The van der Waals surface area contributed by atoms with Crippen LogP contribution in [0.1, 0.15) is 36.5 Å². The van der Waals surface area contributed by atoms with E-state index >= 15 is 0 Å². The molecule has 4 aromatic carbocycles. The zero-order chi connectivity index (χ0) is 27.9. The first kappa shape index (κ1) is 27.3. The van der Waals surface area contributed by atoms with Crippen molar-refractivity contribution in [1.82, 2.24) is 0 Å². The Morgan fingerprint density at radius 2 is 1.43 bits per heavy atom. The molecule has 1 unspecified atom stereocenters. The van der Waals surface area contributed by atoms with E-state index in [0.717, 1.165) is 23.1 Å².